The van der Waals surface area contributed by atoms with Gasteiger partial charge >= 0.3 is 0 Å². The van der Waals surface area contributed by atoms with Crippen molar-refractivity contribution in [3.05, 3.63) is 31.8 Å². The Morgan fingerprint density at radius 1 is 1.56 bits per heavy atom. The summed E-state index contributed by atoms with van der Waals surface area (Å²) in [5, 5.41) is 0. The first-order chi connectivity index (χ1) is 7.53. The van der Waals surface area contributed by atoms with Gasteiger partial charge in [-0.1, -0.05) is 15.9 Å². The van der Waals surface area contributed by atoms with Crippen molar-refractivity contribution in [2.45, 2.75) is 24.5 Å². The van der Waals surface area contributed by atoms with Crippen molar-refractivity contribution in [3.8, 4) is 0 Å². The van der Waals surface area contributed by atoms with Crippen molar-refractivity contribution < 1.29 is 4.79 Å². The van der Waals surface area contributed by atoms with E-state index >= 15 is 0 Å². The zero-order valence-corrected chi connectivity index (χ0v) is 13.5. The molecule has 1 aliphatic heterocycles. The summed E-state index contributed by atoms with van der Waals surface area (Å²) < 4.78 is 1.81. The van der Waals surface area contributed by atoms with Crippen LogP contribution in [0.4, 0.5) is 0 Å². The van der Waals surface area contributed by atoms with E-state index in [1.807, 2.05) is 18.2 Å². The van der Waals surface area contributed by atoms with E-state index in [1.54, 1.807) is 11.8 Å². The fourth-order valence-electron chi connectivity index (χ4n) is 1.91. The fourth-order valence-corrected chi connectivity index (χ4v) is 4.13. The molecular formula is C12H12BrIOS. The van der Waals surface area contributed by atoms with Crippen LogP contribution in [0.15, 0.2) is 22.7 Å². The molecule has 86 valence electrons. The van der Waals surface area contributed by atoms with Gasteiger partial charge in [0.2, 0.25) is 0 Å². The minimum atomic E-state index is -0.208. The number of thioether (sulfide) groups is 1. The number of halogens is 2. The molecule has 4 heteroatoms. The zero-order valence-electron chi connectivity index (χ0n) is 8.93. The van der Waals surface area contributed by atoms with Gasteiger partial charge in [0, 0.05) is 13.6 Å². The van der Waals surface area contributed by atoms with Gasteiger partial charge in [0.1, 0.15) is 0 Å². The van der Waals surface area contributed by atoms with Crippen LogP contribution in [0.25, 0.3) is 0 Å². The Morgan fingerprint density at radius 3 is 2.94 bits per heavy atom. The molecule has 0 saturated carbocycles. The molecule has 0 aromatic heterocycles. The van der Waals surface area contributed by atoms with E-state index in [4.69, 9.17) is 0 Å². The van der Waals surface area contributed by atoms with Gasteiger partial charge in [-0.25, -0.2) is 0 Å². The summed E-state index contributed by atoms with van der Waals surface area (Å²) in [4.78, 5) is 12.5. The number of rotatable bonds is 2. The molecule has 0 N–H and O–H groups in total. The number of Topliss-reactive ketones (excluding diaryl/α,β-unsaturated/α-hetero) is 1. The van der Waals surface area contributed by atoms with Gasteiger partial charge in [0.15, 0.2) is 5.78 Å². The van der Waals surface area contributed by atoms with E-state index in [1.165, 1.54) is 0 Å². The maximum Gasteiger partial charge on any atom is 0.179 e. The predicted octanol–water partition coefficient (Wildman–Crippen LogP) is 4.52. The molecule has 2 rings (SSSR count). The van der Waals surface area contributed by atoms with Crippen LogP contribution in [0.5, 0.6) is 0 Å². The maximum atomic E-state index is 12.5. The Labute approximate surface area is 122 Å². The van der Waals surface area contributed by atoms with Gasteiger partial charge < -0.3 is 0 Å². The van der Waals surface area contributed by atoms with E-state index in [0.717, 1.165) is 32.2 Å². The Kier molecular flexibility index (Phi) is 4.01. The molecule has 1 aromatic carbocycles. The standard InChI is InChI=1S/C12H12BrIOS/c1-12(5-2-6-16-12)11(15)9-7-8(13)3-4-10(9)14/h3-4,7H,2,5-6H2,1H3. The fraction of sp³-hybridized carbons (Fsp3) is 0.417. The molecule has 1 saturated heterocycles. The molecule has 1 heterocycles. The van der Waals surface area contributed by atoms with E-state index in [2.05, 4.69) is 45.4 Å². The summed E-state index contributed by atoms with van der Waals surface area (Å²) in [5.41, 5.74) is 0.854. The number of carbonyl (C=O) groups is 1. The second-order valence-electron chi connectivity index (χ2n) is 4.14. The molecule has 16 heavy (non-hydrogen) atoms. The highest BCUT2D eigenvalue weighted by molar-refractivity contribution is 14.1. The second kappa shape index (κ2) is 4.98. The summed E-state index contributed by atoms with van der Waals surface area (Å²) in [5.74, 6) is 1.38. The number of ketones is 1. The van der Waals surface area contributed by atoms with Gasteiger partial charge in [-0.3, -0.25) is 4.79 Å². The van der Waals surface area contributed by atoms with E-state index < -0.39 is 0 Å². The molecule has 0 amide bonds. The number of carbonyl (C=O) groups excluding carboxylic acids is 1. The van der Waals surface area contributed by atoms with Crippen molar-refractivity contribution in [2.24, 2.45) is 0 Å². The molecule has 1 fully saturated rings. The quantitative estimate of drug-likeness (QED) is 0.526. The number of hydrogen-bond acceptors (Lipinski definition) is 2. The van der Waals surface area contributed by atoms with Crippen LogP contribution in [0, 0.1) is 3.57 Å². The van der Waals surface area contributed by atoms with Crippen LogP contribution >= 0.6 is 50.3 Å². The topological polar surface area (TPSA) is 17.1 Å². The largest absolute Gasteiger partial charge is 0.293 e. The molecule has 0 spiro atoms. The minimum absolute atomic E-state index is 0.208. The van der Waals surface area contributed by atoms with Crippen LogP contribution in [-0.2, 0) is 0 Å². The van der Waals surface area contributed by atoms with Gasteiger partial charge in [0.05, 0.1) is 4.75 Å². The van der Waals surface area contributed by atoms with E-state index in [0.29, 0.717) is 0 Å². The highest BCUT2D eigenvalue weighted by Crippen LogP contribution is 2.41. The molecular weight excluding hydrogens is 399 g/mol. The Hall–Kier alpha value is 0.450. The van der Waals surface area contributed by atoms with Crippen LogP contribution in [0.2, 0.25) is 0 Å². The van der Waals surface area contributed by atoms with Crippen LogP contribution in [-0.4, -0.2) is 16.3 Å². The Balaban J connectivity index is 2.36. The van der Waals surface area contributed by atoms with Crippen molar-refractivity contribution in [3.63, 3.8) is 0 Å². The van der Waals surface area contributed by atoms with Gasteiger partial charge in [-0.15, -0.1) is 11.8 Å². The van der Waals surface area contributed by atoms with Gasteiger partial charge in [-0.05, 0) is 66.3 Å². The first-order valence-corrected chi connectivity index (χ1v) is 8.02. The summed E-state index contributed by atoms with van der Waals surface area (Å²) in [6.07, 6.45) is 2.15. The highest BCUT2D eigenvalue weighted by Gasteiger charge is 2.38. The SMILES string of the molecule is CC1(C(=O)c2cc(Br)ccc2I)CCCS1. The highest BCUT2D eigenvalue weighted by atomic mass is 127. The molecule has 1 aliphatic rings. The van der Waals surface area contributed by atoms with Crippen LogP contribution in [0.1, 0.15) is 30.1 Å². The van der Waals surface area contributed by atoms with E-state index in [9.17, 15) is 4.79 Å². The van der Waals surface area contributed by atoms with Crippen molar-refractivity contribution >= 4 is 56.1 Å². The summed E-state index contributed by atoms with van der Waals surface area (Å²) in [7, 11) is 0. The predicted molar refractivity (Wildman–Crippen MR) is 81.3 cm³/mol. The normalized spacial score (nSPS) is 24.7. The summed E-state index contributed by atoms with van der Waals surface area (Å²) in [6.45, 7) is 2.07. The third-order valence-electron chi connectivity index (χ3n) is 2.87. The number of hydrogen-bond donors (Lipinski definition) is 0. The van der Waals surface area contributed by atoms with E-state index in [-0.39, 0.29) is 10.5 Å². The lowest BCUT2D eigenvalue weighted by Gasteiger charge is -2.21. The monoisotopic (exact) mass is 410 g/mol. The Morgan fingerprint density at radius 2 is 2.31 bits per heavy atom. The molecule has 1 unspecified atom stereocenters. The smallest absolute Gasteiger partial charge is 0.179 e. The lowest BCUT2D eigenvalue weighted by molar-refractivity contribution is 0.0948. The third-order valence-corrected chi connectivity index (χ3v) is 5.83. The van der Waals surface area contributed by atoms with Crippen molar-refractivity contribution in [1.82, 2.24) is 0 Å². The Bertz CT molecular complexity index is 427. The molecule has 1 atom stereocenters. The van der Waals surface area contributed by atoms with Gasteiger partial charge in [0.25, 0.3) is 0 Å². The average Bonchev–Trinajstić information content (AvgIpc) is 2.69. The third kappa shape index (κ3) is 2.48. The molecule has 0 bridgehead atoms. The van der Waals surface area contributed by atoms with Crippen LogP contribution < -0.4 is 0 Å². The zero-order chi connectivity index (χ0) is 11.8. The molecule has 1 aromatic rings. The first-order valence-electron chi connectivity index (χ1n) is 5.17. The van der Waals surface area contributed by atoms with Crippen molar-refractivity contribution in [2.75, 3.05) is 5.75 Å². The van der Waals surface area contributed by atoms with Gasteiger partial charge in [-0.2, -0.15) is 0 Å². The summed E-state index contributed by atoms with van der Waals surface area (Å²) >= 11 is 7.46. The maximum absolute atomic E-state index is 12.5. The first kappa shape index (κ1) is 12.9. The lowest BCUT2D eigenvalue weighted by atomic mass is 9.95. The average molecular weight is 411 g/mol. The summed E-state index contributed by atoms with van der Waals surface area (Å²) in [6, 6.07) is 5.90. The van der Waals surface area contributed by atoms with Crippen LogP contribution in [0.3, 0.4) is 0 Å². The molecule has 0 radical (unpaired) electrons. The lowest BCUT2D eigenvalue weighted by Crippen LogP contribution is -2.29. The molecule has 1 nitrogen and oxygen atoms in total. The number of benzene rings is 1. The minimum Gasteiger partial charge on any atom is -0.293 e. The van der Waals surface area contributed by atoms with Crippen molar-refractivity contribution in [1.29, 1.82) is 0 Å². The second-order valence-corrected chi connectivity index (χ2v) is 7.81. The molecule has 0 aliphatic carbocycles.